The number of nitrogens with zero attached hydrogens (tertiary/aromatic N) is 2. The number of likely N-dealkylation sites (tertiary alicyclic amines) is 1. The lowest BCUT2D eigenvalue weighted by molar-refractivity contribution is -0.117. The van der Waals surface area contributed by atoms with E-state index >= 15 is 0 Å². The maximum atomic E-state index is 12.5. The molecule has 8 nitrogen and oxygen atoms in total. The minimum absolute atomic E-state index is 0.0319. The molecular formula is C30H40N2O6. The first kappa shape index (κ1) is 29.5. The molecule has 2 aromatic rings. The number of rotatable bonds is 14. The fourth-order valence-electron chi connectivity index (χ4n) is 4.49. The third kappa shape index (κ3) is 9.35. The van der Waals surface area contributed by atoms with Gasteiger partial charge in [-0.15, -0.1) is 0 Å². The van der Waals surface area contributed by atoms with Crippen LogP contribution >= 0.6 is 0 Å². The standard InChI is InChI=1S/C30H40N2O6/c1-21(2)38-27-14-10-23(11-15-27)30(36)24(19-32-17-16-25(33)20-32)18-31-29(35)7-5-4-6-28(34)22-8-12-26(37-3)13-9-22/h8-15,18,21,24-25,30,33,36H,4-7,16-17,19-20H2,1-3H3/t24-,25+,30-/m1/s1. The van der Waals surface area contributed by atoms with Crippen molar-refractivity contribution in [2.45, 2.75) is 64.3 Å². The molecule has 38 heavy (non-hydrogen) atoms. The molecule has 1 fully saturated rings. The van der Waals surface area contributed by atoms with Gasteiger partial charge in [-0.3, -0.25) is 14.5 Å². The van der Waals surface area contributed by atoms with Gasteiger partial charge >= 0.3 is 0 Å². The first-order chi connectivity index (χ1) is 18.2. The maximum Gasteiger partial charge on any atom is 0.245 e. The Hall–Kier alpha value is -3.07. The van der Waals surface area contributed by atoms with Crippen molar-refractivity contribution < 1.29 is 29.3 Å². The fraction of sp³-hybridized carbons (Fsp3) is 0.500. The Bertz CT molecular complexity index is 1050. The van der Waals surface area contributed by atoms with Crippen molar-refractivity contribution in [1.29, 1.82) is 0 Å². The van der Waals surface area contributed by atoms with Crippen LogP contribution in [0.5, 0.6) is 11.5 Å². The van der Waals surface area contributed by atoms with Crippen LogP contribution < -0.4 is 9.47 Å². The highest BCUT2D eigenvalue weighted by molar-refractivity contribution is 5.96. The normalized spacial score (nSPS) is 17.6. The van der Waals surface area contributed by atoms with E-state index in [-0.39, 0.29) is 30.3 Å². The van der Waals surface area contributed by atoms with E-state index in [0.29, 0.717) is 55.6 Å². The van der Waals surface area contributed by atoms with Crippen LogP contribution in [0.3, 0.4) is 0 Å². The van der Waals surface area contributed by atoms with Gasteiger partial charge in [0.2, 0.25) is 5.91 Å². The summed E-state index contributed by atoms with van der Waals surface area (Å²) >= 11 is 0. The lowest BCUT2D eigenvalue weighted by Crippen LogP contribution is -2.32. The molecule has 2 N–H and O–H groups in total. The van der Waals surface area contributed by atoms with Crippen molar-refractivity contribution >= 4 is 17.9 Å². The van der Waals surface area contributed by atoms with Crippen LogP contribution in [0.25, 0.3) is 0 Å². The molecule has 0 radical (unpaired) electrons. The van der Waals surface area contributed by atoms with Crippen LogP contribution in [0, 0.1) is 5.92 Å². The Labute approximate surface area is 225 Å². The zero-order chi connectivity index (χ0) is 27.5. The second-order valence-electron chi connectivity index (χ2n) is 10.1. The van der Waals surface area contributed by atoms with E-state index in [2.05, 4.69) is 9.89 Å². The lowest BCUT2D eigenvalue weighted by Gasteiger charge is -2.25. The van der Waals surface area contributed by atoms with Gasteiger partial charge in [-0.05, 0) is 75.1 Å². The first-order valence-electron chi connectivity index (χ1n) is 13.3. The number of ether oxygens (including phenoxy) is 2. The number of ketones is 1. The van der Waals surface area contributed by atoms with Gasteiger partial charge in [-0.1, -0.05) is 12.1 Å². The summed E-state index contributed by atoms with van der Waals surface area (Å²) in [5.74, 6) is 0.763. The summed E-state index contributed by atoms with van der Waals surface area (Å²) in [5, 5.41) is 21.0. The topological polar surface area (TPSA) is 109 Å². The van der Waals surface area contributed by atoms with Crippen LogP contribution in [0.15, 0.2) is 53.5 Å². The van der Waals surface area contributed by atoms with E-state index < -0.39 is 12.0 Å². The molecule has 3 rings (SSSR count). The Morgan fingerprint density at radius 1 is 1.05 bits per heavy atom. The molecule has 1 aliphatic heterocycles. The molecule has 0 bridgehead atoms. The number of amides is 1. The highest BCUT2D eigenvalue weighted by Gasteiger charge is 2.27. The van der Waals surface area contributed by atoms with E-state index in [1.54, 1.807) is 37.6 Å². The SMILES string of the molecule is COc1ccc(C(=O)CCCCC(=O)N=C[C@H](CN2CC[C@H](O)C2)[C@H](O)c2ccc(OC(C)C)cc2)cc1. The minimum Gasteiger partial charge on any atom is -0.497 e. The van der Waals surface area contributed by atoms with Crippen molar-refractivity contribution in [3.05, 3.63) is 59.7 Å². The van der Waals surface area contributed by atoms with Crippen molar-refractivity contribution in [2.75, 3.05) is 26.7 Å². The fourth-order valence-corrected chi connectivity index (χ4v) is 4.49. The summed E-state index contributed by atoms with van der Waals surface area (Å²) in [6.45, 7) is 5.66. The second-order valence-corrected chi connectivity index (χ2v) is 10.1. The molecule has 206 valence electrons. The molecule has 1 aliphatic rings. The van der Waals surface area contributed by atoms with Gasteiger partial charge in [0.15, 0.2) is 5.78 Å². The van der Waals surface area contributed by atoms with Crippen LogP contribution in [0.4, 0.5) is 0 Å². The number of aliphatic hydroxyl groups excluding tert-OH is 2. The summed E-state index contributed by atoms with van der Waals surface area (Å²) < 4.78 is 10.8. The molecule has 0 spiro atoms. The largest absolute Gasteiger partial charge is 0.497 e. The molecule has 1 saturated heterocycles. The number of unbranched alkanes of at least 4 members (excludes halogenated alkanes) is 1. The molecule has 0 saturated carbocycles. The van der Waals surface area contributed by atoms with E-state index in [9.17, 15) is 19.8 Å². The highest BCUT2D eigenvalue weighted by atomic mass is 16.5. The van der Waals surface area contributed by atoms with Gasteiger partial charge in [-0.25, -0.2) is 4.99 Å². The first-order valence-corrected chi connectivity index (χ1v) is 13.3. The van der Waals surface area contributed by atoms with Crippen molar-refractivity contribution in [2.24, 2.45) is 10.9 Å². The van der Waals surface area contributed by atoms with Crippen LogP contribution in [0.2, 0.25) is 0 Å². The van der Waals surface area contributed by atoms with E-state index in [4.69, 9.17) is 9.47 Å². The summed E-state index contributed by atoms with van der Waals surface area (Å²) in [4.78, 5) is 31.1. The minimum atomic E-state index is -0.862. The van der Waals surface area contributed by atoms with Crippen molar-refractivity contribution in [3.8, 4) is 11.5 Å². The zero-order valence-corrected chi connectivity index (χ0v) is 22.6. The third-order valence-electron chi connectivity index (χ3n) is 6.58. The monoisotopic (exact) mass is 524 g/mol. The molecule has 1 amide bonds. The Balaban J connectivity index is 1.54. The van der Waals surface area contributed by atoms with Crippen molar-refractivity contribution in [1.82, 2.24) is 4.90 Å². The number of Topliss-reactive ketones (excluding diaryl/α,β-unsaturated/α-hetero) is 1. The van der Waals surface area contributed by atoms with E-state index in [1.165, 1.54) is 0 Å². The van der Waals surface area contributed by atoms with Gasteiger partial charge in [0.05, 0.1) is 25.4 Å². The summed E-state index contributed by atoms with van der Waals surface area (Å²) in [5.41, 5.74) is 1.34. The van der Waals surface area contributed by atoms with Crippen LogP contribution in [-0.2, 0) is 4.79 Å². The number of carbonyl (C=O) groups is 2. The summed E-state index contributed by atoms with van der Waals surface area (Å²) in [6.07, 6.45) is 2.79. The number of hydrogen-bond acceptors (Lipinski definition) is 7. The number of carbonyl (C=O) groups excluding carboxylic acids is 2. The van der Waals surface area contributed by atoms with Gasteiger partial charge in [0.1, 0.15) is 11.5 Å². The molecule has 0 aromatic heterocycles. The van der Waals surface area contributed by atoms with Crippen LogP contribution in [0.1, 0.15) is 68.0 Å². The Morgan fingerprint density at radius 2 is 1.71 bits per heavy atom. The molecule has 1 heterocycles. The average Bonchev–Trinajstić information content (AvgIpc) is 3.33. The van der Waals surface area contributed by atoms with Gasteiger partial charge in [0, 0.05) is 50.2 Å². The third-order valence-corrected chi connectivity index (χ3v) is 6.58. The number of hydrogen-bond donors (Lipinski definition) is 2. The Kier molecular flexibility index (Phi) is 11.5. The van der Waals surface area contributed by atoms with Gasteiger partial charge in [0.25, 0.3) is 0 Å². The second kappa shape index (κ2) is 14.8. The summed E-state index contributed by atoms with van der Waals surface area (Å²) in [7, 11) is 1.58. The molecular weight excluding hydrogens is 484 g/mol. The van der Waals surface area contributed by atoms with Crippen LogP contribution in [-0.4, -0.2) is 72.0 Å². The zero-order valence-electron chi connectivity index (χ0n) is 22.6. The molecule has 3 atom stereocenters. The number of benzene rings is 2. The Morgan fingerprint density at radius 3 is 2.32 bits per heavy atom. The molecule has 0 aliphatic carbocycles. The lowest BCUT2D eigenvalue weighted by atomic mass is 9.96. The molecule has 0 unspecified atom stereocenters. The summed E-state index contributed by atoms with van der Waals surface area (Å²) in [6, 6.07) is 14.3. The average molecular weight is 525 g/mol. The van der Waals surface area contributed by atoms with E-state index in [1.807, 2.05) is 38.1 Å². The molecule has 8 heteroatoms. The number of methoxy groups -OCH3 is 1. The predicted molar refractivity (Wildman–Crippen MR) is 147 cm³/mol. The van der Waals surface area contributed by atoms with Crippen molar-refractivity contribution in [3.63, 3.8) is 0 Å². The van der Waals surface area contributed by atoms with Gasteiger partial charge in [-0.2, -0.15) is 0 Å². The van der Waals surface area contributed by atoms with Gasteiger partial charge < -0.3 is 19.7 Å². The van der Waals surface area contributed by atoms with E-state index in [0.717, 1.165) is 12.3 Å². The number of aliphatic hydroxyl groups is 2. The predicted octanol–water partition coefficient (Wildman–Crippen LogP) is 4.24. The maximum absolute atomic E-state index is 12.5. The highest BCUT2D eigenvalue weighted by Crippen LogP contribution is 2.26. The quantitative estimate of drug-likeness (QED) is 0.216. The number of aliphatic imine (C=N–C) groups is 1. The number of β-amino-alcohol motifs (C(OH)–C–C–N with tert-alkyl or cyclic N) is 1. The smallest absolute Gasteiger partial charge is 0.245 e. The molecule has 2 aromatic carbocycles.